The smallest absolute Gasteiger partial charge is 0.252 e. The van der Waals surface area contributed by atoms with Crippen molar-refractivity contribution in [3.63, 3.8) is 0 Å². The average molecular weight is 354 g/mol. The van der Waals surface area contributed by atoms with Crippen LogP contribution in [0, 0.1) is 12.3 Å². The number of hydrogen-bond acceptors (Lipinski definition) is 3. The maximum absolute atomic E-state index is 12.9. The van der Waals surface area contributed by atoms with Gasteiger partial charge < -0.3 is 5.32 Å². The Morgan fingerprint density at radius 3 is 2.68 bits per heavy atom. The van der Waals surface area contributed by atoms with Crippen LogP contribution in [0.5, 0.6) is 0 Å². The third-order valence-corrected chi connectivity index (χ3v) is 6.02. The molecule has 0 atom stereocenters. The molecule has 1 amide bonds. The molecular weight excluding hydrogens is 336 g/mol. The van der Waals surface area contributed by atoms with Crippen LogP contribution in [0.4, 0.5) is 0 Å². The summed E-state index contributed by atoms with van der Waals surface area (Å²) in [6.45, 7) is 0.859. The Bertz CT molecular complexity index is 945. The second-order valence-electron chi connectivity index (χ2n) is 5.77. The minimum atomic E-state index is -3.67. The number of carbonyl (C=O) groups is 1. The Labute approximate surface area is 147 Å². The fourth-order valence-corrected chi connectivity index (χ4v) is 4.32. The Morgan fingerprint density at radius 2 is 1.92 bits per heavy atom. The molecule has 6 heteroatoms. The van der Waals surface area contributed by atoms with Crippen molar-refractivity contribution in [2.75, 3.05) is 13.1 Å². The third-order valence-electron chi connectivity index (χ3n) is 4.18. The Balaban J connectivity index is 1.86. The second kappa shape index (κ2) is 7.09. The maximum Gasteiger partial charge on any atom is 0.252 e. The zero-order chi connectivity index (χ0) is 17.9. The first-order valence-corrected chi connectivity index (χ1v) is 9.35. The lowest BCUT2D eigenvalue weighted by atomic mass is 10.0. The first-order chi connectivity index (χ1) is 12.0. The van der Waals surface area contributed by atoms with Gasteiger partial charge in [-0.05, 0) is 35.7 Å². The minimum Gasteiger partial charge on any atom is -0.341 e. The standard InChI is InChI=1S/C19H18N2O3S/c1-2-11-20-19(22)16-8-5-9-18(13-16)25(23,24)21-12-10-15-6-3-4-7-17(15)14-21/h1,3-9,13H,10-12,14H2,(H,20,22). The molecule has 5 nitrogen and oxygen atoms in total. The number of fused-ring (bicyclic) bond motifs is 1. The molecule has 0 saturated carbocycles. The first kappa shape index (κ1) is 17.2. The van der Waals surface area contributed by atoms with Crippen LogP contribution in [0.3, 0.4) is 0 Å². The molecule has 1 N–H and O–H groups in total. The summed E-state index contributed by atoms with van der Waals surface area (Å²) in [6.07, 6.45) is 5.80. The van der Waals surface area contributed by atoms with E-state index < -0.39 is 10.0 Å². The lowest BCUT2D eigenvalue weighted by Gasteiger charge is -2.28. The van der Waals surface area contributed by atoms with Gasteiger partial charge in [-0.25, -0.2) is 8.42 Å². The number of amides is 1. The van der Waals surface area contributed by atoms with Crippen LogP contribution in [0.1, 0.15) is 21.5 Å². The average Bonchev–Trinajstić information content (AvgIpc) is 2.65. The van der Waals surface area contributed by atoms with Crippen molar-refractivity contribution in [2.24, 2.45) is 0 Å². The first-order valence-electron chi connectivity index (χ1n) is 7.91. The molecule has 1 heterocycles. The van der Waals surface area contributed by atoms with E-state index in [-0.39, 0.29) is 22.9 Å². The molecule has 0 aromatic heterocycles. The molecule has 0 aliphatic carbocycles. The summed E-state index contributed by atoms with van der Waals surface area (Å²) >= 11 is 0. The number of hydrogen-bond donors (Lipinski definition) is 1. The molecule has 0 unspecified atom stereocenters. The van der Waals surface area contributed by atoms with Gasteiger partial charge in [0.05, 0.1) is 11.4 Å². The molecule has 0 fully saturated rings. The van der Waals surface area contributed by atoms with Crippen molar-refractivity contribution in [1.29, 1.82) is 0 Å². The fourth-order valence-electron chi connectivity index (χ4n) is 2.86. The molecule has 25 heavy (non-hydrogen) atoms. The molecule has 2 aromatic rings. The molecule has 2 aromatic carbocycles. The highest BCUT2D eigenvalue weighted by atomic mass is 32.2. The molecular formula is C19H18N2O3S. The number of rotatable bonds is 4. The molecule has 1 aliphatic heterocycles. The van der Waals surface area contributed by atoms with Crippen molar-refractivity contribution in [3.05, 3.63) is 65.2 Å². The molecule has 0 radical (unpaired) electrons. The zero-order valence-electron chi connectivity index (χ0n) is 13.6. The zero-order valence-corrected chi connectivity index (χ0v) is 14.4. The van der Waals surface area contributed by atoms with E-state index in [2.05, 4.69) is 11.2 Å². The second-order valence-corrected chi connectivity index (χ2v) is 7.71. The topological polar surface area (TPSA) is 66.5 Å². The van der Waals surface area contributed by atoms with Crippen LogP contribution in [0.15, 0.2) is 53.4 Å². The molecule has 0 spiro atoms. The van der Waals surface area contributed by atoms with Gasteiger partial charge in [-0.3, -0.25) is 4.79 Å². The van der Waals surface area contributed by atoms with Gasteiger partial charge in [0.1, 0.15) is 0 Å². The van der Waals surface area contributed by atoms with Crippen molar-refractivity contribution in [2.45, 2.75) is 17.9 Å². The highest BCUT2D eigenvalue weighted by Gasteiger charge is 2.28. The quantitative estimate of drug-likeness (QED) is 0.852. The molecule has 0 saturated heterocycles. The number of nitrogens with one attached hydrogen (secondary N) is 1. The van der Waals surface area contributed by atoms with Crippen LogP contribution in [0.2, 0.25) is 0 Å². The van der Waals surface area contributed by atoms with Gasteiger partial charge in [-0.15, -0.1) is 6.42 Å². The minimum absolute atomic E-state index is 0.0960. The van der Waals surface area contributed by atoms with Gasteiger partial charge >= 0.3 is 0 Å². The van der Waals surface area contributed by atoms with E-state index in [1.807, 2.05) is 24.3 Å². The summed E-state index contributed by atoms with van der Waals surface area (Å²) in [5.41, 5.74) is 2.46. The highest BCUT2D eigenvalue weighted by molar-refractivity contribution is 7.89. The van der Waals surface area contributed by atoms with Crippen molar-refractivity contribution in [1.82, 2.24) is 9.62 Å². The van der Waals surface area contributed by atoms with Crippen LogP contribution >= 0.6 is 0 Å². The lowest BCUT2D eigenvalue weighted by molar-refractivity contribution is 0.0958. The van der Waals surface area contributed by atoms with E-state index >= 15 is 0 Å². The summed E-state index contributed by atoms with van der Waals surface area (Å²) in [5, 5.41) is 2.54. The van der Waals surface area contributed by atoms with Gasteiger partial charge in [0, 0.05) is 18.7 Å². The monoisotopic (exact) mass is 354 g/mol. The van der Waals surface area contributed by atoms with Crippen LogP contribution in [0.25, 0.3) is 0 Å². The Hall–Kier alpha value is -2.62. The van der Waals surface area contributed by atoms with Crippen molar-refractivity contribution < 1.29 is 13.2 Å². The Morgan fingerprint density at radius 1 is 1.16 bits per heavy atom. The van der Waals surface area contributed by atoms with Crippen molar-refractivity contribution >= 4 is 15.9 Å². The van der Waals surface area contributed by atoms with Gasteiger partial charge in [0.25, 0.3) is 5.91 Å². The highest BCUT2D eigenvalue weighted by Crippen LogP contribution is 2.25. The van der Waals surface area contributed by atoms with Gasteiger partial charge in [-0.2, -0.15) is 4.31 Å². The van der Waals surface area contributed by atoms with E-state index in [1.54, 1.807) is 12.1 Å². The number of benzene rings is 2. The summed E-state index contributed by atoms with van der Waals surface area (Å²) in [6, 6.07) is 13.9. The SMILES string of the molecule is C#CCNC(=O)c1cccc(S(=O)(=O)N2CCc3ccccc3C2)c1. The van der Waals surface area contributed by atoms with Crippen molar-refractivity contribution in [3.8, 4) is 12.3 Å². The predicted octanol–water partition coefficient (Wildman–Crippen LogP) is 1.80. The van der Waals surface area contributed by atoms with Crippen LogP contribution < -0.4 is 5.32 Å². The fraction of sp³-hybridized carbons (Fsp3) is 0.211. The molecule has 128 valence electrons. The van der Waals surface area contributed by atoms with Crippen LogP contribution in [-0.2, 0) is 23.0 Å². The maximum atomic E-state index is 12.9. The Kier molecular flexibility index (Phi) is 4.88. The van der Waals surface area contributed by atoms with E-state index in [9.17, 15) is 13.2 Å². The lowest BCUT2D eigenvalue weighted by Crippen LogP contribution is -2.36. The summed E-state index contributed by atoms with van der Waals surface area (Å²) in [4.78, 5) is 12.1. The van der Waals surface area contributed by atoms with E-state index in [1.165, 1.54) is 22.0 Å². The normalized spacial score (nSPS) is 14.4. The van der Waals surface area contributed by atoms with E-state index in [0.29, 0.717) is 19.5 Å². The summed E-state index contributed by atoms with van der Waals surface area (Å²) < 4.78 is 27.3. The molecule has 1 aliphatic rings. The van der Waals surface area contributed by atoms with E-state index in [4.69, 9.17) is 6.42 Å². The molecule has 3 rings (SSSR count). The third kappa shape index (κ3) is 3.58. The van der Waals surface area contributed by atoms with Gasteiger partial charge in [-0.1, -0.05) is 36.3 Å². The van der Waals surface area contributed by atoms with Gasteiger partial charge in [0.2, 0.25) is 10.0 Å². The largest absolute Gasteiger partial charge is 0.341 e. The number of nitrogens with zero attached hydrogens (tertiary/aromatic N) is 1. The van der Waals surface area contributed by atoms with E-state index in [0.717, 1.165) is 5.56 Å². The number of terminal acetylenes is 1. The predicted molar refractivity (Wildman–Crippen MR) is 95.4 cm³/mol. The summed E-state index contributed by atoms with van der Waals surface area (Å²) in [7, 11) is -3.67. The van der Waals surface area contributed by atoms with Gasteiger partial charge in [0.15, 0.2) is 0 Å². The van der Waals surface area contributed by atoms with Crippen LogP contribution in [-0.4, -0.2) is 31.7 Å². The summed E-state index contributed by atoms with van der Waals surface area (Å²) in [5.74, 6) is 1.93. The molecule has 0 bridgehead atoms. The number of sulfonamides is 1. The number of carbonyl (C=O) groups excluding carboxylic acids is 1.